The average Bonchev–Trinajstić information content (AvgIpc) is 2.84. The predicted molar refractivity (Wildman–Crippen MR) is 104 cm³/mol. The zero-order valence-corrected chi connectivity index (χ0v) is 18.1. The van der Waals surface area contributed by atoms with Crippen molar-refractivity contribution in [1.29, 1.82) is 0 Å². The molecule has 0 amide bonds. The smallest absolute Gasteiger partial charge is 0.302 e. The lowest BCUT2D eigenvalue weighted by atomic mass is 9.81. The van der Waals surface area contributed by atoms with Gasteiger partial charge in [-0.15, -0.1) is 0 Å². The lowest BCUT2D eigenvalue weighted by Gasteiger charge is -2.25. The van der Waals surface area contributed by atoms with Gasteiger partial charge in [0.1, 0.15) is 0 Å². The summed E-state index contributed by atoms with van der Waals surface area (Å²) in [5.41, 5.74) is 0.830. The standard InChI is InChI=1S/C12H22O2.C10H20O/c1-8-9(2)12(4,5)6-11(8)7-14-10(3)13;1-7-8(2)10(3,4)5-9(7)6-11/h8-9,11H,6-7H2,1-5H3;7-9,11H,5-6H2,1-4H3/t8-,9+,11+;7-,8+,9+/m00/s1. The quantitative estimate of drug-likeness (QED) is 0.712. The molecule has 0 saturated heterocycles. The van der Waals surface area contributed by atoms with Crippen LogP contribution in [0.1, 0.15) is 75.2 Å². The lowest BCUT2D eigenvalue weighted by molar-refractivity contribution is -0.142. The lowest BCUT2D eigenvalue weighted by Crippen LogP contribution is -2.18. The van der Waals surface area contributed by atoms with Crippen LogP contribution in [0.4, 0.5) is 0 Å². The predicted octanol–water partition coefficient (Wildman–Crippen LogP) is 5.16. The number of carbonyl (C=O) groups excluding carboxylic acids is 1. The molecule has 0 aromatic carbocycles. The fourth-order valence-corrected chi connectivity index (χ4v) is 5.00. The molecule has 25 heavy (non-hydrogen) atoms. The van der Waals surface area contributed by atoms with Crippen LogP contribution < -0.4 is 0 Å². The van der Waals surface area contributed by atoms with Crippen molar-refractivity contribution in [3.05, 3.63) is 0 Å². The highest BCUT2D eigenvalue weighted by molar-refractivity contribution is 5.65. The van der Waals surface area contributed by atoms with E-state index in [4.69, 9.17) is 9.84 Å². The largest absolute Gasteiger partial charge is 0.466 e. The van der Waals surface area contributed by atoms with Crippen molar-refractivity contribution >= 4 is 5.97 Å². The Balaban J connectivity index is 0.000000257. The first-order chi connectivity index (χ1) is 11.3. The van der Waals surface area contributed by atoms with Gasteiger partial charge in [0, 0.05) is 13.5 Å². The van der Waals surface area contributed by atoms with Crippen LogP contribution in [0.5, 0.6) is 0 Å². The van der Waals surface area contributed by atoms with Gasteiger partial charge in [-0.3, -0.25) is 4.79 Å². The van der Waals surface area contributed by atoms with Crippen LogP contribution in [0.15, 0.2) is 0 Å². The third-order valence-electron chi connectivity index (χ3n) is 7.84. The second-order valence-electron chi connectivity index (χ2n) is 10.2. The van der Waals surface area contributed by atoms with E-state index in [1.807, 2.05) is 0 Å². The minimum Gasteiger partial charge on any atom is -0.466 e. The number of hydrogen-bond donors (Lipinski definition) is 1. The number of hydrogen-bond acceptors (Lipinski definition) is 3. The molecule has 3 nitrogen and oxygen atoms in total. The van der Waals surface area contributed by atoms with E-state index >= 15 is 0 Å². The molecule has 0 heterocycles. The Morgan fingerprint density at radius 3 is 1.56 bits per heavy atom. The molecule has 2 saturated carbocycles. The molecule has 1 N–H and O–H groups in total. The average molecular weight is 355 g/mol. The van der Waals surface area contributed by atoms with E-state index in [9.17, 15) is 4.79 Å². The summed E-state index contributed by atoms with van der Waals surface area (Å²) in [6.45, 7) is 20.8. The molecule has 3 heteroatoms. The van der Waals surface area contributed by atoms with Crippen LogP contribution in [-0.4, -0.2) is 24.3 Å². The summed E-state index contributed by atoms with van der Waals surface area (Å²) in [5, 5.41) is 9.09. The summed E-state index contributed by atoms with van der Waals surface area (Å²) in [6.07, 6.45) is 2.36. The summed E-state index contributed by atoms with van der Waals surface area (Å²) in [7, 11) is 0. The van der Waals surface area contributed by atoms with Gasteiger partial charge in [-0.25, -0.2) is 0 Å². The minimum absolute atomic E-state index is 0.158. The summed E-state index contributed by atoms with van der Waals surface area (Å²) in [6, 6.07) is 0. The third kappa shape index (κ3) is 5.45. The first-order valence-corrected chi connectivity index (χ1v) is 10.1. The van der Waals surface area contributed by atoms with Crippen molar-refractivity contribution in [2.24, 2.45) is 46.3 Å². The van der Waals surface area contributed by atoms with Crippen molar-refractivity contribution in [3.63, 3.8) is 0 Å². The zero-order valence-electron chi connectivity index (χ0n) is 18.1. The number of rotatable bonds is 3. The van der Waals surface area contributed by atoms with Gasteiger partial charge >= 0.3 is 5.97 Å². The van der Waals surface area contributed by atoms with Gasteiger partial charge in [-0.2, -0.15) is 0 Å². The van der Waals surface area contributed by atoms with Crippen LogP contribution in [0, 0.1) is 46.3 Å². The molecule has 0 aliphatic heterocycles. The maximum atomic E-state index is 10.7. The molecule has 2 aliphatic carbocycles. The number of esters is 1. The Labute approximate surface area is 155 Å². The molecule has 2 fully saturated rings. The molecule has 6 atom stereocenters. The highest BCUT2D eigenvalue weighted by atomic mass is 16.5. The maximum Gasteiger partial charge on any atom is 0.302 e. The van der Waals surface area contributed by atoms with Gasteiger partial charge in [0.2, 0.25) is 0 Å². The number of aliphatic hydroxyl groups is 1. The van der Waals surface area contributed by atoms with E-state index < -0.39 is 0 Å². The molecular formula is C22H42O3. The second kappa shape index (κ2) is 8.41. The molecule has 0 unspecified atom stereocenters. The monoisotopic (exact) mass is 354 g/mol. The van der Waals surface area contributed by atoms with Crippen LogP contribution in [0.2, 0.25) is 0 Å². The van der Waals surface area contributed by atoms with Crippen molar-refractivity contribution in [2.45, 2.75) is 75.2 Å². The van der Waals surface area contributed by atoms with Gasteiger partial charge in [0.05, 0.1) is 6.61 Å². The third-order valence-corrected chi connectivity index (χ3v) is 7.84. The Morgan fingerprint density at radius 2 is 1.32 bits per heavy atom. The molecule has 2 aliphatic rings. The molecule has 148 valence electrons. The van der Waals surface area contributed by atoms with Crippen molar-refractivity contribution in [3.8, 4) is 0 Å². The number of ether oxygens (including phenoxy) is 1. The number of carbonyl (C=O) groups is 1. The summed E-state index contributed by atoms with van der Waals surface area (Å²) in [5.74, 6) is 3.74. The van der Waals surface area contributed by atoms with Crippen LogP contribution in [-0.2, 0) is 9.53 Å². The van der Waals surface area contributed by atoms with E-state index in [1.54, 1.807) is 0 Å². The van der Waals surface area contributed by atoms with Crippen LogP contribution in [0.25, 0.3) is 0 Å². The van der Waals surface area contributed by atoms with Gasteiger partial charge in [0.15, 0.2) is 0 Å². The highest BCUT2D eigenvalue weighted by Crippen LogP contribution is 2.50. The summed E-state index contributed by atoms with van der Waals surface area (Å²) in [4.78, 5) is 10.7. The fourth-order valence-electron chi connectivity index (χ4n) is 5.00. The number of aliphatic hydroxyl groups excluding tert-OH is 1. The fraction of sp³-hybridized carbons (Fsp3) is 0.955. The molecule has 0 aromatic rings. The minimum atomic E-state index is -0.158. The van der Waals surface area contributed by atoms with E-state index in [-0.39, 0.29) is 5.97 Å². The van der Waals surface area contributed by atoms with Gasteiger partial charge < -0.3 is 9.84 Å². The van der Waals surface area contributed by atoms with Gasteiger partial charge in [-0.05, 0) is 59.2 Å². The molecule has 0 aromatic heterocycles. The van der Waals surface area contributed by atoms with Crippen LogP contribution >= 0.6 is 0 Å². The van der Waals surface area contributed by atoms with E-state index in [0.29, 0.717) is 53.6 Å². The normalized spacial score (nSPS) is 38.8. The summed E-state index contributed by atoms with van der Waals surface area (Å²) < 4.78 is 5.10. The second-order valence-corrected chi connectivity index (χ2v) is 10.2. The van der Waals surface area contributed by atoms with Crippen molar-refractivity contribution in [1.82, 2.24) is 0 Å². The van der Waals surface area contributed by atoms with E-state index in [2.05, 4.69) is 55.4 Å². The molecular weight excluding hydrogens is 312 g/mol. The topological polar surface area (TPSA) is 46.5 Å². The van der Waals surface area contributed by atoms with Crippen LogP contribution in [0.3, 0.4) is 0 Å². The maximum absolute atomic E-state index is 10.7. The Bertz CT molecular complexity index is 441. The summed E-state index contributed by atoms with van der Waals surface area (Å²) >= 11 is 0. The molecule has 0 spiro atoms. The zero-order chi connectivity index (χ0) is 19.6. The highest BCUT2D eigenvalue weighted by Gasteiger charge is 2.43. The SMILES string of the molecule is CC(=O)OC[C@H]1CC(C)(C)[C@H](C)[C@@H]1C.C[C@@H]1[C@@H](CO)CC(C)(C)[C@@H]1C. The first kappa shape index (κ1) is 22.5. The van der Waals surface area contributed by atoms with Gasteiger partial charge in [-0.1, -0.05) is 55.4 Å². The van der Waals surface area contributed by atoms with Crippen molar-refractivity contribution in [2.75, 3.05) is 13.2 Å². The van der Waals surface area contributed by atoms with E-state index in [1.165, 1.54) is 19.8 Å². The first-order valence-electron chi connectivity index (χ1n) is 10.1. The molecule has 2 rings (SSSR count). The molecule has 0 bridgehead atoms. The Morgan fingerprint density at radius 1 is 0.920 bits per heavy atom. The Hall–Kier alpha value is -0.570. The van der Waals surface area contributed by atoms with E-state index in [0.717, 1.165) is 5.92 Å². The van der Waals surface area contributed by atoms with Gasteiger partial charge in [0.25, 0.3) is 0 Å². The molecule has 0 radical (unpaired) electrons. The van der Waals surface area contributed by atoms with Crippen molar-refractivity contribution < 1.29 is 14.6 Å². The Kier molecular flexibility index (Phi) is 7.56.